The summed E-state index contributed by atoms with van der Waals surface area (Å²) in [7, 11) is 0. The summed E-state index contributed by atoms with van der Waals surface area (Å²) in [5.41, 5.74) is 2.19. The molecule has 0 saturated heterocycles. The molecule has 4 nitrogen and oxygen atoms in total. The van der Waals surface area contributed by atoms with Crippen LogP contribution in [0.15, 0.2) is 54.7 Å². The predicted molar refractivity (Wildman–Crippen MR) is 91.6 cm³/mol. The van der Waals surface area contributed by atoms with Crippen molar-refractivity contribution >= 4 is 11.6 Å². The highest BCUT2D eigenvalue weighted by Crippen LogP contribution is 2.24. The van der Waals surface area contributed by atoms with Crippen molar-refractivity contribution in [1.82, 2.24) is 4.98 Å². The van der Waals surface area contributed by atoms with Crippen LogP contribution in [0.25, 0.3) is 11.6 Å². The van der Waals surface area contributed by atoms with E-state index in [1.54, 1.807) is 24.4 Å². The highest BCUT2D eigenvalue weighted by Gasteiger charge is 2.08. The Kier molecular flexibility index (Phi) is 6.66. The average Bonchev–Trinajstić information content (AvgIpc) is 2.60. The van der Waals surface area contributed by atoms with Gasteiger partial charge < -0.3 is 15.3 Å². The number of nitrogens with zero attached hydrogens (tertiary/aromatic N) is 1. The molecule has 0 saturated carbocycles. The maximum atomic E-state index is 13.5. The zero-order valence-electron chi connectivity index (χ0n) is 13.1. The molecule has 1 aromatic carbocycles. The van der Waals surface area contributed by atoms with Crippen LogP contribution in [0.2, 0.25) is 0 Å². The molecule has 0 aliphatic carbocycles. The Labute approximate surface area is 140 Å². The number of phenolic OH excluding ortho intramolecular Hbond substituents is 1. The number of rotatable bonds is 7. The van der Waals surface area contributed by atoms with E-state index in [9.17, 15) is 14.6 Å². The Morgan fingerprint density at radius 1 is 1.25 bits per heavy atom. The number of aromatic hydroxyl groups is 1. The minimum Gasteiger partial charge on any atom is -0.505 e. The lowest BCUT2D eigenvalue weighted by molar-refractivity contribution is 0.213. The molecule has 1 aromatic heterocycles. The van der Waals surface area contributed by atoms with E-state index in [0.717, 1.165) is 11.3 Å². The van der Waals surface area contributed by atoms with Crippen LogP contribution in [0.4, 0.5) is 4.39 Å². The number of aliphatic hydroxyl groups excluding tert-OH is 2. The summed E-state index contributed by atoms with van der Waals surface area (Å²) in [5, 5.41) is 27.9. The van der Waals surface area contributed by atoms with Gasteiger partial charge in [-0.15, -0.1) is 0 Å². The summed E-state index contributed by atoms with van der Waals surface area (Å²) in [4.78, 5) is 4.30. The van der Waals surface area contributed by atoms with Gasteiger partial charge in [0.1, 0.15) is 0 Å². The molecule has 0 radical (unpaired) electrons. The van der Waals surface area contributed by atoms with Crippen LogP contribution in [0.1, 0.15) is 24.1 Å². The van der Waals surface area contributed by atoms with E-state index in [0.29, 0.717) is 18.4 Å². The van der Waals surface area contributed by atoms with Crippen LogP contribution >= 0.6 is 0 Å². The van der Waals surface area contributed by atoms with Gasteiger partial charge >= 0.3 is 0 Å². The second-order valence-corrected chi connectivity index (χ2v) is 5.31. The van der Waals surface area contributed by atoms with E-state index in [-0.39, 0.29) is 6.61 Å². The highest BCUT2D eigenvalue weighted by atomic mass is 19.1. The fourth-order valence-corrected chi connectivity index (χ4v) is 2.26. The van der Waals surface area contributed by atoms with Gasteiger partial charge in [-0.25, -0.2) is 4.39 Å². The van der Waals surface area contributed by atoms with Crippen LogP contribution in [0.5, 0.6) is 5.75 Å². The van der Waals surface area contributed by atoms with Crippen molar-refractivity contribution in [3.63, 3.8) is 0 Å². The van der Waals surface area contributed by atoms with Crippen molar-refractivity contribution < 1.29 is 19.7 Å². The van der Waals surface area contributed by atoms with Crippen LogP contribution in [0.3, 0.4) is 0 Å². The second kappa shape index (κ2) is 8.96. The first kappa shape index (κ1) is 17.8. The van der Waals surface area contributed by atoms with E-state index < -0.39 is 17.7 Å². The number of halogens is 1. The summed E-state index contributed by atoms with van der Waals surface area (Å²) in [6.07, 6.45) is 6.77. The lowest BCUT2D eigenvalue weighted by Gasteiger charge is -2.10. The summed E-state index contributed by atoms with van der Waals surface area (Å²) in [6.45, 7) is -0.118. The van der Waals surface area contributed by atoms with Crippen molar-refractivity contribution in [1.29, 1.82) is 0 Å². The normalized spacial score (nSPS) is 13.4. The van der Waals surface area contributed by atoms with Crippen molar-refractivity contribution in [2.75, 3.05) is 6.61 Å². The standard InChI is InChI=1S/C19H20FNO3/c20-17-13-14(6-9-19(17)24)12-15(18-5-1-2-10-21-18)7-8-16(23)4-3-11-22/h1-6,9-10,12-13,16,22-24H,7-8,11H2/b4-3-,15-12-/t16-/m0/s1. The first-order valence-electron chi connectivity index (χ1n) is 7.66. The van der Waals surface area contributed by atoms with Gasteiger partial charge in [-0.05, 0) is 54.3 Å². The smallest absolute Gasteiger partial charge is 0.165 e. The van der Waals surface area contributed by atoms with Gasteiger partial charge in [0.2, 0.25) is 0 Å². The third-order valence-corrected chi connectivity index (χ3v) is 3.48. The van der Waals surface area contributed by atoms with Gasteiger partial charge in [0, 0.05) is 6.20 Å². The SMILES string of the molecule is OC/C=C\[C@H](O)CC/C(=C/c1ccc(O)c(F)c1)c1ccccn1. The van der Waals surface area contributed by atoms with E-state index in [1.807, 2.05) is 12.1 Å². The number of aromatic nitrogens is 1. The molecule has 24 heavy (non-hydrogen) atoms. The quantitative estimate of drug-likeness (QED) is 0.682. The Balaban J connectivity index is 2.24. The summed E-state index contributed by atoms with van der Waals surface area (Å²) in [5.74, 6) is -1.08. The van der Waals surface area contributed by atoms with E-state index in [4.69, 9.17) is 5.11 Å². The molecule has 0 unspecified atom stereocenters. The zero-order chi connectivity index (χ0) is 17.4. The molecule has 0 fully saturated rings. The summed E-state index contributed by atoms with van der Waals surface area (Å²) < 4.78 is 13.5. The number of hydrogen-bond donors (Lipinski definition) is 3. The van der Waals surface area contributed by atoms with Crippen LogP contribution < -0.4 is 0 Å². The monoisotopic (exact) mass is 329 g/mol. The van der Waals surface area contributed by atoms with Crippen molar-refractivity contribution in [3.05, 3.63) is 71.8 Å². The fourth-order valence-electron chi connectivity index (χ4n) is 2.26. The number of aliphatic hydroxyl groups is 2. The number of hydrogen-bond acceptors (Lipinski definition) is 4. The molecular formula is C19H20FNO3. The molecule has 1 heterocycles. The third-order valence-electron chi connectivity index (χ3n) is 3.48. The summed E-state index contributed by atoms with van der Waals surface area (Å²) >= 11 is 0. The van der Waals surface area contributed by atoms with E-state index >= 15 is 0 Å². The number of pyridine rings is 1. The molecular weight excluding hydrogens is 309 g/mol. The lowest BCUT2D eigenvalue weighted by Crippen LogP contribution is -2.03. The molecule has 5 heteroatoms. The van der Waals surface area contributed by atoms with Crippen molar-refractivity contribution in [2.45, 2.75) is 18.9 Å². The molecule has 3 N–H and O–H groups in total. The maximum absolute atomic E-state index is 13.5. The van der Waals surface area contributed by atoms with Gasteiger partial charge in [-0.3, -0.25) is 4.98 Å². The molecule has 0 amide bonds. The zero-order valence-corrected chi connectivity index (χ0v) is 13.1. The number of phenols is 1. The molecule has 0 spiro atoms. The molecule has 2 rings (SSSR count). The Hall–Kier alpha value is -2.50. The third kappa shape index (κ3) is 5.30. The fraction of sp³-hybridized carbons (Fsp3) is 0.211. The Morgan fingerprint density at radius 2 is 2.08 bits per heavy atom. The summed E-state index contributed by atoms with van der Waals surface area (Å²) in [6, 6.07) is 9.67. The number of allylic oxidation sites excluding steroid dienone is 1. The van der Waals surface area contributed by atoms with Gasteiger partial charge in [-0.2, -0.15) is 0 Å². The predicted octanol–water partition coefficient (Wildman–Crippen LogP) is 3.16. The molecule has 1 atom stereocenters. The van der Waals surface area contributed by atoms with Crippen LogP contribution in [-0.4, -0.2) is 33.0 Å². The second-order valence-electron chi connectivity index (χ2n) is 5.31. The molecule has 0 aliphatic rings. The van der Waals surface area contributed by atoms with E-state index in [1.165, 1.54) is 24.3 Å². The molecule has 0 aliphatic heterocycles. The topological polar surface area (TPSA) is 73.6 Å². The first-order chi connectivity index (χ1) is 11.6. The lowest BCUT2D eigenvalue weighted by atomic mass is 10.00. The van der Waals surface area contributed by atoms with Crippen molar-refractivity contribution in [3.8, 4) is 5.75 Å². The highest BCUT2D eigenvalue weighted by molar-refractivity contribution is 5.80. The van der Waals surface area contributed by atoms with Gasteiger partial charge in [-0.1, -0.05) is 24.3 Å². The molecule has 126 valence electrons. The first-order valence-corrected chi connectivity index (χ1v) is 7.66. The van der Waals surface area contributed by atoms with Gasteiger partial charge in [0.05, 0.1) is 18.4 Å². The number of benzene rings is 1. The molecule has 2 aromatic rings. The van der Waals surface area contributed by atoms with Crippen LogP contribution in [-0.2, 0) is 0 Å². The van der Waals surface area contributed by atoms with Gasteiger partial charge in [0.15, 0.2) is 11.6 Å². The average molecular weight is 329 g/mol. The largest absolute Gasteiger partial charge is 0.505 e. The van der Waals surface area contributed by atoms with Gasteiger partial charge in [0.25, 0.3) is 0 Å². The van der Waals surface area contributed by atoms with E-state index in [2.05, 4.69) is 4.98 Å². The minimum atomic E-state index is -0.685. The Bertz CT molecular complexity index is 714. The van der Waals surface area contributed by atoms with Crippen LogP contribution in [0, 0.1) is 5.82 Å². The Morgan fingerprint density at radius 3 is 2.75 bits per heavy atom. The van der Waals surface area contributed by atoms with Crippen molar-refractivity contribution in [2.24, 2.45) is 0 Å². The minimum absolute atomic E-state index is 0.118. The maximum Gasteiger partial charge on any atom is 0.165 e. The molecule has 0 bridgehead atoms.